The first-order valence-corrected chi connectivity index (χ1v) is 11.4. The fourth-order valence-electron chi connectivity index (χ4n) is 4.18. The number of rotatable bonds is 6. The second-order valence-corrected chi connectivity index (χ2v) is 8.36. The largest absolute Gasteiger partial charge is 0.338 e. The average Bonchev–Trinajstić information content (AvgIpc) is 3.20. The standard InChI is InChI=1S/C26H24N6O3/c33-23(16-21-20-4-1-2-5-22(20)30-25(21)35)18-6-8-19(9-7-18)29-24(34)17-31-12-14-32(15-13-31)26-27-10-3-11-28-26/h1-11,16H,12-15,17H2,(H,29,34)(H,30,35)/b21-16-. The maximum absolute atomic E-state index is 12.7. The topological polar surface area (TPSA) is 108 Å². The number of aromatic nitrogens is 2. The molecule has 2 aromatic carbocycles. The Kier molecular flexibility index (Phi) is 6.32. The van der Waals surface area contributed by atoms with Crippen molar-refractivity contribution in [3.8, 4) is 0 Å². The molecule has 2 N–H and O–H groups in total. The summed E-state index contributed by atoms with van der Waals surface area (Å²) in [6, 6.07) is 15.7. The van der Waals surface area contributed by atoms with Crippen molar-refractivity contribution >= 4 is 40.5 Å². The zero-order valence-corrected chi connectivity index (χ0v) is 19.0. The van der Waals surface area contributed by atoms with Crippen LogP contribution in [0.2, 0.25) is 0 Å². The number of ketones is 1. The Bertz CT molecular complexity index is 1280. The second kappa shape index (κ2) is 9.86. The number of nitrogens with one attached hydrogen (secondary N) is 2. The van der Waals surface area contributed by atoms with E-state index in [0.29, 0.717) is 34.0 Å². The van der Waals surface area contributed by atoms with Gasteiger partial charge in [-0.3, -0.25) is 19.3 Å². The molecule has 3 heterocycles. The number of fused-ring (bicyclic) bond motifs is 1. The quantitative estimate of drug-likeness (QED) is 0.423. The number of carbonyl (C=O) groups is 3. The highest BCUT2D eigenvalue weighted by molar-refractivity contribution is 6.35. The number of piperazine rings is 1. The third-order valence-corrected chi connectivity index (χ3v) is 6.01. The molecule has 1 saturated heterocycles. The van der Waals surface area contributed by atoms with Crippen LogP contribution in [-0.2, 0) is 9.59 Å². The predicted molar refractivity (Wildman–Crippen MR) is 133 cm³/mol. The summed E-state index contributed by atoms with van der Waals surface area (Å²) in [4.78, 5) is 50.2. The van der Waals surface area contributed by atoms with Crippen molar-refractivity contribution in [1.82, 2.24) is 14.9 Å². The first kappa shape index (κ1) is 22.4. The third-order valence-electron chi connectivity index (χ3n) is 6.01. The van der Waals surface area contributed by atoms with Crippen molar-refractivity contribution in [1.29, 1.82) is 0 Å². The summed E-state index contributed by atoms with van der Waals surface area (Å²) >= 11 is 0. The lowest BCUT2D eigenvalue weighted by atomic mass is 10.0. The molecule has 0 spiro atoms. The van der Waals surface area contributed by atoms with Crippen LogP contribution >= 0.6 is 0 Å². The van der Waals surface area contributed by atoms with Crippen molar-refractivity contribution in [2.24, 2.45) is 0 Å². The van der Waals surface area contributed by atoms with E-state index in [2.05, 4.69) is 30.4 Å². The van der Waals surface area contributed by atoms with E-state index in [9.17, 15) is 14.4 Å². The van der Waals surface area contributed by atoms with Gasteiger partial charge in [0.1, 0.15) is 0 Å². The lowest BCUT2D eigenvalue weighted by Crippen LogP contribution is -2.49. The van der Waals surface area contributed by atoms with Crippen molar-refractivity contribution in [3.63, 3.8) is 0 Å². The summed E-state index contributed by atoms with van der Waals surface area (Å²) in [7, 11) is 0. The molecule has 2 aliphatic rings. The summed E-state index contributed by atoms with van der Waals surface area (Å²) in [6.07, 6.45) is 4.81. The summed E-state index contributed by atoms with van der Waals surface area (Å²) in [5.74, 6) is 0.0278. The fraction of sp³-hybridized carbons (Fsp3) is 0.192. The molecule has 9 heteroatoms. The van der Waals surface area contributed by atoms with Crippen molar-refractivity contribution in [3.05, 3.63) is 84.2 Å². The molecular formula is C26H24N6O3. The first-order valence-electron chi connectivity index (χ1n) is 11.4. The normalized spacial score (nSPS) is 16.6. The summed E-state index contributed by atoms with van der Waals surface area (Å²) in [6.45, 7) is 3.28. The molecular weight excluding hydrogens is 444 g/mol. The van der Waals surface area contributed by atoms with E-state index in [4.69, 9.17) is 0 Å². The van der Waals surface area contributed by atoms with E-state index >= 15 is 0 Å². The zero-order valence-electron chi connectivity index (χ0n) is 19.0. The number of benzene rings is 2. The van der Waals surface area contributed by atoms with E-state index in [0.717, 1.165) is 26.2 Å². The van der Waals surface area contributed by atoms with Crippen LogP contribution in [0.4, 0.5) is 17.3 Å². The van der Waals surface area contributed by atoms with Crippen LogP contribution in [-0.4, -0.2) is 65.2 Å². The van der Waals surface area contributed by atoms with Gasteiger partial charge in [0.15, 0.2) is 5.78 Å². The van der Waals surface area contributed by atoms with Crippen LogP contribution in [0, 0.1) is 0 Å². The highest BCUT2D eigenvalue weighted by Gasteiger charge is 2.24. The number of anilines is 3. The summed E-state index contributed by atoms with van der Waals surface area (Å²) < 4.78 is 0. The Morgan fingerprint density at radius 3 is 2.40 bits per heavy atom. The molecule has 35 heavy (non-hydrogen) atoms. The van der Waals surface area contributed by atoms with Crippen LogP contribution in [0.25, 0.3) is 5.57 Å². The van der Waals surface area contributed by atoms with Gasteiger partial charge in [-0.25, -0.2) is 9.97 Å². The second-order valence-electron chi connectivity index (χ2n) is 8.36. The van der Waals surface area contributed by atoms with E-state index in [1.807, 2.05) is 12.1 Å². The SMILES string of the molecule is O=C(CN1CCN(c2ncccn2)CC1)Nc1ccc(C(=O)/C=C2\C(=O)Nc3ccccc32)cc1. The fourth-order valence-corrected chi connectivity index (χ4v) is 4.18. The molecule has 5 rings (SSSR count). The molecule has 0 bridgehead atoms. The molecule has 176 valence electrons. The Balaban J connectivity index is 1.15. The van der Waals surface area contributed by atoms with E-state index in [1.165, 1.54) is 6.08 Å². The molecule has 2 amide bonds. The monoisotopic (exact) mass is 468 g/mol. The van der Waals surface area contributed by atoms with Crippen molar-refractivity contribution < 1.29 is 14.4 Å². The van der Waals surface area contributed by atoms with Gasteiger partial charge < -0.3 is 15.5 Å². The summed E-state index contributed by atoms with van der Waals surface area (Å²) in [5.41, 5.74) is 2.81. The minimum Gasteiger partial charge on any atom is -0.338 e. The molecule has 0 radical (unpaired) electrons. The Morgan fingerprint density at radius 1 is 0.943 bits per heavy atom. The summed E-state index contributed by atoms with van der Waals surface area (Å²) in [5, 5.41) is 5.64. The zero-order chi connectivity index (χ0) is 24.2. The number of hydrogen-bond donors (Lipinski definition) is 2. The maximum Gasteiger partial charge on any atom is 0.256 e. The minimum atomic E-state index is -0.291. The Morgan fingerprint density at radius 2 is 1.66 bits per heavy atom. The van der Waals surface area contributed by atoms with Gasteiger partial charge in [0.05, 0.1) is 12.1 Å². The molecule has 1 fully saturated rings. The average molecular weight is 469 g/mol. The van der Waals surface area contributed by atoms with E-state index < -0.39 is 0 Å². The number of allylic oxidation sites excluding steroid dienone is 1. The molecule has 9 nitrogen and oxygen atoms in total. The predicted octanol–water partition coefficient (Wildman–Crippen LogP) is 2.46. The molecule has 2 aliphatic heterocycles. The molecule has 0 aliphatic carbocycles. The van der Waals surface area contributed by atoms with Crippen molar-refractivity contribution in [2.75, 3.05) is 48.3 Å². The molecule has 0 atom stereocenters. The first-order chi connectivity index (χ1) is 17.1. The van der Waals surface area contributed by atoms with Crippen LogP contribution in [0.3, 0.4) is 0 Å². The van der Waals surface area contributed by atoms with Gasteiger partial charge in [-0.2, -0.15) is 0 Å². The Labute approximate surface area is 202 Å². The van der Waals surface area contributed by atoms with Gasteiger partial charge in [-0.1, -0.05) is 18.2 Å². The van der Waals surface area contributed by atoms with Gasteiger partial charge in [-0.15, -0.1) is 0 Å². The molecule has 3 aromatic rings. The minimum absolute atomic E-state index is 0.116. The smallest absolute Gasteiger partial charge is 0.256 e. The van der Waals surface area contributed by atoms with Gasteiger partial charge in [0.2, 0.25) is 11.9 Å². The number of amides is 2. The van der Waals surface area contributed by atoms with Gasteiger partial charge in [-0.05, 0) is 42.5 Å². The highest BCUT2D eigenvalue weighted by atomic mass is 16.2. The van der Waals surface area contributed by atoms with Gasteiger partial charge in [0.25, 0.3) is 5.91 Å². The number of para-hydroxylation sites is 1. The van der Waals surface area contributed by atoms with Crippen molar-refractivity contribution in [2.45, 2.75) is 0 Å². The number of hydrogen-bond acceptors (Lipinski definition) is 7. The molecule has 1 aromatic heterocycles. The lowest BCUT2D eigenvalue weighted by Gasteiger charge is -2.34. The highest BCUT2D eigenvalue weighted by Crippen LogP contribution is 2.31. The molecule has 0 saturated carbocycles. The number of carbonyl (C=O) groups excluding carboxylic acids is 3. The van der Waals surface area contributed by atoms with E-state index in [1.54, 1.807) is 54.9 Å². The number of nitrogens with zero attached hydrogens (tertiary/aromatic N) is 4. The maximum atomic E-state index is 12.7. The Hall–Kier alpha value is -4.37. The van der Waals surface area contributed by atoms with Crippen LogP contribution in [0.15, 0.2) is 73.1 Å². The van der Waals surface area contributed by atoms with Crippen LogP contribution in [0.1, 0.15) is 15.9 Å². The lowest BCUT2D eigenvalue weighted by molar-refractivity contribution is -0.117. The molecule has 0 unspecified atom stereocenters. The third kappa shape index (κ3) is 5.10. The van der Waals surface area contributed by atoms with Crippen LogP contribution in [0.5, 0.6) is 0 Å². The van der Waals surface area contributed by atoms with Gasteiger partial charge in [0, 0.05) is 61.1 Å². The van der Waals surface area contributed by atoms with Crippen LogP contribution < -0.4 is 15.5 Å². The van der Waals surface area contributed by atoms with Gasteiger partial charge >= 0.3 is 0 Å². The van der Waals surface area contributed by atoms with E-state index in [-0.39, 0.29) is 24.1 Å².